The van der Waals surface area contributed by atoms with E-state index in [1.54, 1.807) is 114 Å². The second-order valence-corrected chi connectivity index (χ2v) is 21.3. The molecule has 0 bridgehead atoms. The van der Waals surface area contributed by atoms with Crippen molar-refractivity contribution in [3.05, 3.63) is 103 Å². The smallest absolute Gasteiger partial charge is 0.305 e. The quantitative estimate of drug-likeness (QED) is 0.121. The molecule has 18 rings (SSSR count). The van der Waals surface area contributed by atoms with Gasteiger partial charge in [0.25, 0.3) is 0 Å². The predicted molar refractivity (Wildman–Crippen MR) is 223 cm³/mol. The summed E-state index contributed by atoms with van der Waals surface area (Å²) in [6.45, 7) is 4.78. The Balaban J connectivity index is 1.04. The minimum Gasteiger partial charge on any atom is -0.465 e. The van der Waals surface area contributed by atoms with Crippen molar-refractivity contribution in [1.29, 1.82) is 0 Å². The first kappa shape index (κ1) is 27.8. The van der Waals surface area contributed by atoms with Gasteiger partial charge in [-0.1, -0.05) is 68.0 Å². The molecule has 0 N–H and O–H groups in total. The average Bonchev–Trinajstić information content (AvgIpc) is 3.88. The number of allylic oxidation sites excluding steroid dienone is 4. The van der Waals surface area contributed by atoms with Gasteiger partial charge in [-0.15, -0.1) is 0 Å². The van der Waals surface area contributed by atoms with Crippen LogP contribution in [-0.4, -0.2) is 12.6 Å². The average molecular weight is 721 g/mol. The third-order valence-corrected chi connectivity index (χ3v) is 19.2. The van der Waals surface area contributed by atoms with Crippen LogP contribution in [0.5, 0.6) is 0 Å². The molecule has 9 unspecified atom stereocenters. The number of hydrogen-bond donors (Lipinski definition) is 0. The van der Waals surface area contributed by atoms with E-state index in [0.717, 1.165) is 31.1 Å². The van der Waals surface area contributed by atoms with Gasteiger partial charge in [0, 0.05) is 40.9 Å². The lowest BCUT2D eigenvalue weighted by Gasteiger charge is -2.42. The van der Waals surface area contributed by atoms with Gasteiger partial charge >= 0.3 is 5.97 Å². The van der Waals surface area contributed by atoms with Crippen LogP contribution in [0.25, 0.3) is 76.2 Å². The van der Waals surface area contributed by atoms with E-state index in [9.17, 15) is 4.79 Å². The van der Waals surface area contributed by atoms with Gasteiger partial charge in [-0.25, -0.2) is 0 Å². The van der Waals surface area contributed by atoms with Gasteiger partial charge in [0.2, 0.25) is 0 Å². The van der Waals surface area contributed by atoms with E-state index in [4.69, 9.17) is 4.74 Å². The van der Waals surface area contributed by atoms with Crippen molar-refractivity contribution in [2.75, 3.05) is 6.61 Å². The van der Waals surface area contributed by atoms with Crippen LogP contribution < -0.4 is 10.4 Å². The van der Waals surface area contributed by atoms with E-state index in [2.05, 4.69) is 62.4 Å². The van der Waals surface area contributed by atoms with Crippen molar-refractivity contribution in [2.24, 2.45) is 29.6 Å². The van der Waals surface area contributed by atoms with Crippen LogP contribution in [0, 0.1) is 29.6 Å². The fourth-order valence-electron chi connectivity index (χ4n) is 18.4. The third kappa shape index (κ3) is 2.31. The van der Waals surface area contributed by atoms with Gasteiger partial charge in [0.15, 0.2) is 0 Å². The van der Waals surface area contributed by atoms with Gasteiger partial charge < -0.3 is 4.74 Å². The highest BCUT2D eigenvalue weighted by molar-refractivity contribution is 6.48. The minimum absolute atomic E-state index is 0.0206. The Morgan fingerprint density at radius 3 is 2.57 bits per heavy atom. The normalized spacial score (nSPS) is 34.9. The second-order valence-electron chi connectivity index (χ2n) is 21.3. The Bertz CT molecular complexity index is 3460. The van der Waals surface area contributed by atoms with E-state index in [-0.39, 0.29) is 16.8 Å². The SMILES string of the molecule is CC(C)COC(=O)CCCC1(c2ccccc2)C2c3cc4c5c6c7c8c9c%10c%11c%12c%13c%14c(c%15c3c5c8c%15c%13%10)C21CC%14C=C%12CC1CC2CC(C=C6C4)C7C=9C2C=%111. The van der Waals surface area contributed by atoms with Gasteiger partial charge in [-0.05, 0) is 194 Å². The molecule has 0 aromatic heterocycles. The van der Waals surface area contributed by atoms with Crippen molar-refractivity contribution in [3.63, 3.8) is 0 Å². The maximum absolute atomic E-state index is 13.3. The highest BCUT2D eigenvalue weighted by Crippen LogP contribution is 2.87. The predicted octanol–water partition coefficient (Wildman–Crippen LogP) is 10.3. The molecule has 0 saturated heterocycles. The Morgan fingerprint density at radius 1 is 0.821 bits per heavy atom. The van der Waals surface area contributed by atoms with Crippen molar-refractivity contribution in [2.45, 2.75) is 93.8 Å². The van der Waals surface area contributed by atoms with Crippen LogP contribution in [-0.2, 0) is 26.8 Å². The lowest BCUT2D eigenvalue weighted by Crippen LogP contribution is -2.37. The molecule has 56 heavy (non-hydrogen) atoms. The fourth-order valence-corrected chi connectivity index (χ4v) is 18.4. The van der Waals surface area contributed by atoms with E-state index in [0.29, 0.717) is 48.5 Å². The number of esters is 1. The lowest BCUT2D eigenvalue weighted by molar-refractivity contribution is -0.144. The first-order valence-electron chi connectivity index (χ1n) is 22.3. The number of hydrogen-bond acceptors (Lipinski definition) is 2. The minimum atomic E-state index is -0.0420. The summed E-state index contributed by atoms with van der Waals surface area (Å²) in [4.78, 5) is 13.3. The molecule has 0 heterocycles. The van der Waals surface area contributed by atoms with E-state index >= 15 is 0 Å². The van der Waals surface area contributed by atoms with Crippen molar-refractivity contribution < 1.29 is 9.53 Å². The number of benzene rings is 5. The molecule has 0 aliphatic heterocycles. The Labute approximate surface area is 324 Å². The molecule has 2 heteroatoms. The van der Waals surface area contributed by atoms with Crippen molar-refractivity contribution >= 4 is 82.1 Å². The van der Waals surface area contributed by atoms with Crippen molar-refractivity contribution in [1.82, 2.24) is 0 Å². The molecule has 11 aliphatic rings. The zero-order valence-corrected chi connectivity index (χ0v) is 31.9. The fraction of sp³-hybridized carbons (Fsp3) is 0.389. The Kier molecular flexibility index (Phi) is 3.93. The monoisotopic (exact) mass is 720 g/mol. The summed E-state index contributed by atoms with van der Waals surface area (Å²) >= 11 is 0. The molecule has 0 amide bonds. The van der Waals surface area contributed by atoms with Crippen LogP contribution in [0.15, 0.2) is 48.6 Å². The van der Waals surface area contributed by atoms with Gasteiger partial charge in [-0.3, -0.25) is 4.79 Å². The Morgan fingerprint density at radius 2 is 1.68 bits per heavy atom. The number of fused-ring (bicyclic) bond motifs is 1. The van der Waals surface area contributed by atoms with Gasteiger partial charge in [0.05, 0.1) is 6.61 Å². The maximum atomic E-state index is 13.3. The summed E-state index contributed by atoms with van der Waals surface area (Å²) in [5, 5.41) is 20.5. The second kappa shape index (κ2) is 7.92. The lowest BCUT2D eigenvalue weighted by atomic mass is 9.61. The molecular formula is C54H40O2. The van der Waals surface area contributed by atoms with Crippen LogP contribution in [0.3, 0.4) is 0 Å². The largest absolute Gasteiger partial charge is 0.465 e. The number of carbonyl (C=O) groups excluding carboxylic acids is 1. The summed E-state index contributed by atoms with van der Waals surface area (Å²) in [6, 6.07) is 14.5. The number of ether oxygens (including phenoxy) is 1. The highest BCUT2D eigenvalue weighted by atomic mass is 16.5. The maximum Gasteiger partial charge on any atom is 0.305 e. The van der Waals surface area contributed by atoms with Gasteiger partial charge in [0.1, 0.15) is 0 Å². The van der Waals surface area contributed by atoms with Crippen LogP contribution in [0.1, 0.15) is 121 Å². The molecule has 11 aliphatic carbocycles. The molecule has 7 aromatic rings. The number of rotatable bonds is 7. The zero-order chi connectivity index (χ0) is 35.8. The molecule has 3 fully saturated rings. The third-order valence-electron chi connectivity index (χ3n) is 19.2. The Hall–Kier alpha value is -4.69. The summed E-state index contributed by atoms with van der Waals surface area (Å²) in [7, 11) is 0. The molecule has 1 spiro atoms. The molecule has 0 radical (unpaired) electrons. The summed E-state index contributed by atoms with van der Waals surface area (Å²) in [5.74, 6) is 4.72. The van der Waals surface area contributed by atoms with Crippen LogP contribution >= 0.6 is 0 Å². The topological polar surface area (TPSA) is 26.3 Å². The summed E-state index contributed by atoms with van der Waals surface area (Å²) in [6.07, 6.45) is 14.5. The first-order valence-corrected chi connectivity index (χ1v) is 22.3. The molecule has 9 atom stereocenters. The molecule has 2 nitrogen and oxygen atoms in total. The summed E-state index contributed by atoms with van der Waals surface area (Å²) in [5.41, 5.74) is 20.7. The zero-order valence-electron chi connectivity index (χ0n) is 31.9. The van der Waals surface area contributed by atoms with Crippen LogP contribution in [0.4, 0.5) is 0 Å². The van der Waals surface area contributed by atoms with Crippen molar-refractivity contribution in [3.8, 4) is 0 Å². The standard InChI is InChI=1S/C54H40O2/c1-20(2)19-56-30(55)9-6-10-53(28-7-4-3-5-8-28)52-29-17-26-15-23-13-24-12-21-11-22-14-25-16-27-18-54(52,53)51-37(27)42-36(25)41-32(22)31(21)39-35(24)40-33(23)34(26)43-38(29)50(51)49-47(42)45(41)44(39)46(40)48(43)49/h3-5,7-8,13,16-17,20-22,24,27,31,35,52H,6,9-12,14-15,18-19H2,1-2H3. The van der Waals surface area contributed by atoms with E-state index in [1.165, 1.54) is 31.2 Å². The highest BCUT2D eigenvalue weighted by Gasteiger charge is 2.81. The van der Waals surface area contributed by atoms with E-state index in [1.807, 2.05) is 11.1 Å². The molecule has 268 valence electrons. The molecule has 3 saturated carbocycles. The number of carbonyl (C=O) groups is 1. The van der Waals surface area contributed by atoms with Gasteiger partial charge in [-0.2, -0.15) is 0 Å². The molecular weight excluding hydrogens is 681 g/mol. The first-order chi connectivity index (χ1) is 27.5. The van der Waals surface area contributed by atoms with E-state index < -0.39 is 0 Å². The molecule has 7 aromatic carbocycles. The van der Waals surface area contributed by atoms with Crippen LogP contribution in [0.2, 0.25) is 0 Å². The summed E-state index contributed by atoms with van der Waals surface area (Å²) < 4.78 is 5.80.